The minimum Gasteiger partial charge on any atom is -0.290 e. The fourth-order valence-corrected chi connectivity index (χ4v) is 1.98. The second kappa shape index (κ2) is 4.18. The van der Waals surface area contributed by atoms with Gasteiger partial charge in [0.1, 0.15) is 0 Å². The summed E-state index contributed by atoms with van der Waals surface area (Å²) in [5.41, 5.74) is 4.95. The molecule has 1 heterocycles. The summed E-state index contributed by atoms with van der Waals surface area (Å²) in [6.07, 6.45) is 0. The van der Waals surface area contributed by atoms with E-state index in [4.69, 9.17) is 11.7 Å². The van der Waals surface area contributed by atoms with Crippen LogP contribution in [0.5, 0.6) is 0 Å². The molecular weight excluding hydrogens is 204 g/mol. The van der Waals surface area contributed by atoms with E-state index in [2.05, 4.69) is 0 Å². The first-order valence-electron chi connectivity index (χ1n) is 3.71. The van der Waals surface area contributed by atoms with Crippen LogP contribution in [0.4, 0.5) is 0 Å². The molecule has 0 aliphatic carbocycles. The van der Waals surface area contributed by atoms with Crippen molar-refractivity contribution < 1.29 is 9.59 Å². The van der Waals surface area contributed by atoms with E-state index < -0.39 is 11.8 Å². The van der Waals surface area contributed by atoms with E-state index in [0.29, 0.717) is 16.0 Å². The van der Waals surface area contributed by atoms with Crippen LogP contribution in [0.2, 0.25) is 0 Å². The van der Waals surface area contributed by atoms with Crippen LogP contribution >= 0.6 is 11.3 Å². The Labute approximate surface area is 84.2 Å². The molecule has 0 unspecified atom stereocenters. The van der Waals surface area contributed by atoms with Crippen molar-refractivity contribution in [1.29, 1.82) is 0 Å². The van der Waals surface area contributed by atoms with Gasteiger partial charge in [-0.1, -0.05) is 0 Å². The maximum atomic E-state index is 11.2. The number of thiophene rings is 1. The molecule has 0 spiro atoms. The first kappa shape index (κ1) is 10.6. The summed E-state index contributed by atoms with van der Waals surface area (Å²) < 4.78 is 0. The lowest BCUT2D eigenvalue weighted by atomic mass is 10.1. The molecule has 0 aliphatic heterocycles. The second-order valence-corrected chi connectivity index (χ2v) is 3.43. The highest BCUT2D eigenvalue weighted by atomic mass is 32.1. The van der Waals surface area contributed by atoms with Crippen LogP contribution in [0.15, 0.2) is 5.38 Å². The van der Waals surface area contributed by atoms with E-state index in [-0.39, 0.29) is 0 Å². The lowest BCUT2D eigenvalue weighted by Gasteiger charge is -1.99. The highest BCUT2D eigenvalue weighted by Gasteiger charge is 2.17. The van der Waals surface area contributed by atoms with Gasteiger partial charge >= 0.3 is 0 Å². The van der Waals surface area contributed by atoms with Gasteiger partial charge in [0.25, 0.3) is 11.8 Å². The first-order chi connectivity index (χ1) is 6.61. The Morgan fingerprint density at radius 3 is 2.36 bits per heavy atom. The molecule has 0 aliphatic rings. The number of amides is 2. The molecule has 0 atom stereocenters. The average molecular weight is 214 g/mol. The van der Waals surface area contributed by atoms with Gasteiger partial charge in [0, 0.05) is 5.38 Å². The maximum Gasteiger partial charge on any atom is 0.275 e. The highest BCUT2D eigenvalue weighted by molar-refractivity contribution is 7.12. The Kier molecular flexibility index (Phi) is 3.18. The predicted molar refractivity (Wildman–Crippen MR) is 52.4 cm³/mol. The van der Waals surface area contributed by atoms with Gasteiger partial charge in [-0.05, 0) is 12.5 Å². The van der Waals surface area contributed by atoms with Crippen molar-refractivity contribution in [1.82, 2.24) is 10.9 Å². The number of rotatable bonds is 2. The van der Waals surface area contributed by atoms with E-state index in [0.717, 1.165) is 11.3 Å². The monoisotopic (exact) mass is 214 g/mol. The zero-order valence-corrected chi connectivity index (χ0v) is 8.27. The summed E-state index contributed by atoms with van der Waals surface area (Å²) in [5, 5.41) is 1.56. The first-order valence-corrected chi connectivity index (χ1v) is 4.59. The third kappa shape index (κ3) is 1.74. The van der Waals surface area contributed by atoms with Crippen molar-refractivity contribution >= 4 is 23.2 Å². The summed E-state index contributed by atoms with van der Waals surface area (Å²) >= 11 is 1.14. The molecule has 2 amide bonds. The van der Waals surface area contributed by atoms with Gasteiger partial charge in [0.05, 0.1) is 10.4 Å². The molecule has 6 N–H and O–H groups in total. The molecule has 76 valence electrons. The molecule has 0 saturated heterocycles. The normalized spacial score (nSPS) is 9.64. The average Bonchev–Trinajstić information content (AvgIpc) is 2.58. The molecular formula is C7H10N4O2S. The van der Waals surface area contributed by atoms with Crippen molar-refractivity contribution in [3.63, 3.8) is 0 Å². The number of nitrogens with one attached hydrogen (secondary N) is 2. The Balaban J connectivity index is 3.08. The second-order valence-electron chi connectivity index (χ2n) is 2.55. The SMILES string of the molecule is Cc1c(C(=O)NN)csc1C(=O)NN. The zero-order valence-electron chi connectivity index (χ0n) is 7.46. The van der Waals surface area contributed by atoms with E-state index >= 15 is 0 Å². The van der Waals surface area contributed by atoms with Crippen molar-refractivity contribution in [3.8, 4) is 0 Å². The standard InChI is InChI=1S/C7H10N4O2S/c1-3-4(6(12)10-8)2-14-5(3)7(13)11-9/h2H,8-9H2,1H3,(H,10,12)(H,11,13). The van der Waals surface area contributed by atoms with Crippen LogP contribution in [-0.2, 0) is 0 Å². The fraction of sp³-hybridized carbons (Fsp3) is 0.143. The molecule has 0 saturated carbocycles. The van der Waals surface area contributed by atoms with E-state index in [9.17, 15) is 9.59 Å². The molecule has 6 nitrogen and oxygen atoms in total. The zero-order chi connectivity index (χ0) is 10.7. The van der Waals surface area contributed by atoms with Crippen LogP contribution in [0.25, 0.3) is 0 Å². The Hall–Kier alpha value is -1.44. The largest absolute Gasteiger partial charge is 0.290 e. The number of hydrazine groups is 2. The van der Waals surface area contributed by atoms with Gasteiger partial charge in [-0.3, -0.25) is 20.4 Å². The molecule has 1 aromatic rings. The number of hydrogen-bond donors (Lipinski definition) is 4. The molecule has 0 aromatic carbocycles. The molecule has 0 bridgehead atoms. The minimum atomic E-state index is -0.421. The third-order valence-electron chi connectivity index (χ3n) is 1.75. The van der Waals surface area contributed by atoms with Crippen LogP contribution in [-0.4, -0.2) is 11.8 Å². The fourth-order valence-electron chi connectivity index (χ4n) is 1.01. The van der Waals surface area contributed by atoms with Crippen LogP contribution in [0, 0.1) is 6.92 Å². The quantitative estimate of drug-likeness (QED) is 0.295. The minimum absolute atomic E-state index is 0.385. The summed E-state index contributed by atoms with van der Waals surface area (Å²) in [5.74, 6) is 9.11. The Bertz CT molecular complexity index is 340. The molecule has 1 rings (SSSR count). The lowest BCUT2D eigenvalue weighted by Crippen LogP contribution is -2.31. The smallest absolute Gasteiger partial charge is 0.275 e. The highest BCUT2D eigenvalue weighted by Crippen LogP contribution is 2.21. The lowest BCUT2D eigenvalue weighted by molar-refractivity contribution is 0.0953. The predicted octanol–water partition coefficient (Wildman–Crippen LogP) is -0.736. The van der Waals surface area contributed by atoms with Crippen molar-refractivity contribution in [2.75, 3.05) is 0 Å². The van der Waals surface area contributed by atoms with Crippen LogP contribution in [0.3, 0.4) is 0 Å². The maximum absolute atomic E-state index is 11.2. The van der Waals surface area contributed by atoms with Crippen molar-refractivity contribution in [3.05, 3.63) is 21.4 Å². The van der Waals surface area contributed by atoms with E-state index in [1.54, 1.807) is 12.3 Å². The summed E-state index contributed by atoms with van der Waals surface area (Å²) in [4.78, 5) is 22.7. The molecule has 0 fully saturated rings. The van der Waals surface area contributed by atoms with Gasteiger partial charge in [-0.25, -0.2) is 11.7 Å². The number of carbonyl (C=O) groups is 2. The van der Waals surface area contributed by atoms with Gasteiger partial charge in [-0.15, -0.1) is 11.3 Å². The van der Waals surface area contributed by atoms with Crippen LogP contribution in [0.1, 0.15) is 25.6 Å². The molecule has 14 heavy (non-hydrogen) atoms. The molecule has 0 radical (unpaired) electrons. The van der Waals surface area contributed by atoms with Gasteiger partial charge < -0.3 is 0 Å². The number of nitrogens with two attached hydrogens (primary N) is 2. The van der Waals surface area contributed by atoms with Gasteiger partial charge in [-0.2, -0.15) is 0 Å². The topological polar surface area (TPSA) is 110 Å². The van der Waals surface area contributed by atoms with Crippen molar-refractivity contribution in [2.45, 2.75) is 6.92 Å². The Morgan fingerprint density at radius 1 is 1.29 bits per heavy atom. The number of hydrogen-bond acceptors (Lipinski definition) is 5. The van der Waals surface area contributed by atoms with Crippen molar-refractivity contribution in [2.24, 2.45) is 11.7 Å². The summed E-state index contributed by atoms with van der Waals surface area (Å²) in [7, 11) is 0. The summed E-state index contributed by atoms with van der Waals surface area (Å²) in [6.45, 7) is 1.66. The number of carbonyl (C=O) groups excluding carboxylic acids is 2. The van der Waals surface area contributed by atoms with Crippen LogP contribution < -0.4 is 22.5 Å². The van der Waals surface area contributed by atoms with Gasteiger partial charge in [0.15, 0.2) is 0 Å². The molecule has 7 heteroatoms. The van der Waals surface area contributed by atoms with E-state index in [1.807, 2.05) is 10.9 Å². The molecule has 1 aromatic heterocycles. The third-order valence-corrected chi connectivity index (χ3v) is 2.83. The Morgan fingerprint density at radius 2 is 1.86 bits per heavy atom. The number of nitrogen functional groups attached to an aromatic ring is 2. The summed E-state index contributed by atoms with van der Waals surface area (Å²) in [6, 6.07) is 0. The van der Waals surface area contributed by atoms with Gasteiger partial charge in [0.2, 0.25) is 0 Å². The van der Waals surface area contributed by atoms with E-state index in [1.165, 1.54) is 0 Å².